The van der Waals surface area contributed by atoms with Crippen LogP contribution in [0.15, 0.2) is 18.2 Å². The topological polar surface area (TPSA) is 69.6 Å². The molecule has 0 saturated heterocycles. The van der Waals surface area contributed by atoms with Gasteiger partial charge >= 0.3 is 6.09 Å². The van der Waals surface area contributed by atoms with Crippen molar-refractivity contribution >= 4 is 17.7 Å². The third kappa shape index (κ3) is 2.42. The number of nitrogens with one attached hydrogen (secondary N) is 1. The second-order valence-electron chi connectivity index (χ2n) is 6.21. The van der Waals surface area contributed by atoms with Gasteiger partial charge in [-0.05, 0) is 36.5 Å². The fourth-order valence-electron chi connectivity index (χ4n) is 3.66. The number of hydrogen-bond donors (Lipinski definition) is 2. The molecule has 1 aliphatic heterocycles. The van der Waals surface area contributed by atoms with E-state index in [1.54, 1.807) is 11.0 Å². The van der Waals surface area contributed by atoms with Crippen LogP contribution in [0.1, 0.15) is 38.3 Å². The lowest BCUT2D eigenvalue weighted by atomic mass is 9.80. The molecular formula is C16H19FN2O3. The Balaban J connectivity index is 2.13. The molecular weight excluding hydrogens is 287 g/mol. The maximum Gasteiger partial charge on any atom is 0.405 e. The van der Waals surface area contributed by atoms with E-state index in [2.05, 4.69) is 5.32 Å². The molecule has 5 nitrogen and oxygen atoms in total. The van der Waals surface area contributed by atoms with Gasteiger partial charge in [0.05, 0.1) is 11.7 Å². The van der Waals surface area contributed by atoms with Gasteiger partial charge in [-0.25, -0.2) is 9.18 Å². The van der Waals surface area contributed by atoms with E-state index in [0.717, 1.165) is 12.8 Å². The second kappa shape index (κ2) is 5.26. The van der Waals surface area contributed by atoms with Crippen LogP contribution in [-0.2, 0) is 4.79 Å². The van der Waals surface area contributed by atoms with Crippen LogP contribution in [0.2, 0.25) is 0 Å². The van der Waals surface area contributed by atoms with Crippen molar-refractivity contribution in [3.63, 3.8) is 0 Å². The van der Waals surface area contributed by atoms with Gasteiger partial charge in [0, 0.05) is 18.9 Å². The molecule has 0 aromatic heterocycles. The first kappa shape index (κ1) is 14.8. The molecule has 3 rings (SSSR count). The molecule has 0 unspecified atom stereocenters. The van der Waals surface area contributed by atoms with E-state index in [4.69, 9.17) is 5.11 Å². The Morgan fingerprint density at radius 1 is 1.36 bits per heavy atom. The van der Waals surface area contributed by atoms with Gasteiger partial charge in [-0.3, -0.25) is 4.79 Å². The molecule has 2 N–H and O–H groups in total. The van der Waals surface area contributed by atoms with Gasteiger partial charge in [-0.2, -0.15) is 0 Å². The molecule has 6 heteroatoms. The summed E-state index contributed by atoms with van der Waals surface area (Å²) < 4.78 is 13.7. The van der Waals surface area contributed by atoms with Gasteiger partial charge in [0.1, 0.15) is 5.82 Å². The number of carbonyl (C=O) groups excluding carboxylic acids is 1. The fraction of sp³-hybridized carbons (Fsp3) is 0.500. The van der Waals surface area contributed by atoms with E-state index in [0.29, 0.717) is 17.2 Å². The van der Waals surface area contributed by atoms with Gasteiger partial charge in [0.25, 0.3) is 0 Å². The number of fused-ring (bicyclic) bond motifs is 1. The molecule has 0 spiro atoms. The van der Waals surface area contributed by atoms with E-state index in [9.17, 15) is 14.0 Å². The molecule has 3 atom stereocenters. The van der Waals surface area contributed by atoms with Gasteiger partial charge in [-0.1, -0.05) is 13.0 Å². The minimum absolute atomic E-state index is 0.0644. The van der Waals surface area contributed by atoms with Gasteiger partial charge in [0.2, 0.25) is 5.91 Å². The smallest absolute Gasteiger partial charge is 0.405 e. The first-order valence-corrected chi connectivity index (χ1v) is 7.49. The standard InChI is InChI=1S/C16H19FN2O3/c1-8-14(18-16(21)22)12-6-5-11(17)7-13(12)19(9(2)20)15(8)10-3-4-10/h5-8,10,14-15,18H,3-4H2,1-2H3,(H,21,22)/t8-,14-,15-/m1/s1. The average molecular weight is 306 g/mol. The van der Waals surface area contributed by atoms with Crippen molar-refractivity contribution in [2.75, 3.05) is 4.90 Å². The summed E-state index contributed by atoms with van der Waals surface area (Å²) in [5.74, 6) is -0.272. The number of nitrogens with zero attached hydrogens (tertiary/aromatic N) is 1. The predicted octanol–water partition coefficient (Wildman–Crippen LogP) is 2.92. The number of rotatable bonds is 2. The number of carbonyl (C=O) groups is 2. The van der Waals surface area contributed by atoms with Crippen LogP contribution in [0.4, 0.5) is 14.9 Å². The van der Waals surface area contributed by atoms with E-state index < -0.39 is 18.0 Å². The number of anilines is 1. The van der Waals surface area contributed by atoms with Crippen molar-refractivity contribution in [3.05, 3.63) is 29.6 Å². The highest BCUT2D eigenvalue weighted by Crippen LogP contribution is 2.49. The Morgan fingerprint density at radius 2 is 2.05 bits per heavy atom. The number of benzene rings is 1. The minimum atomic E-state index is -1.11. The SMILES string of the molecule is CC(=O)N1c2cc(F)ccc2[C@H](NC(=O)O)[C@@H](C)[C@@H]1C1CC1. The molecule has 0 radical (unpaired) electrons. The summed E-state index contributed by atoms with van der Waals surface area (Å²) in [7, 11) is 0. The molecule has 22 heavy (non-hydrogen) atoms. The monoisotopic (exact) mass is 306 g/mol. The molecule has 1 aromatic rings. The van der Waals surface area contributed by atoms with E-state index in [-0.39, 0.29) is 17.9 Å². The zero-order valence-corrected chi connectivity index (χ0v) is 12.5. The summed E-state index contributed by atoms with van der Waals surface area (Å²) in [4.78, 5) is 24.9. The second-order valence-corrected chi connectivity index (χ2v) is 6.21. The Bertz CT molecular complexity index is 630. The van der Waals surface area contributed by atoms with E-state index in [1.807, 2.05) is 6.92 Å². The molecule has 1 aromatic carbocycles. The average Bonchev–Trinajstić information content (AvgIpc) is 3.24. The highest BCUT2D eigenvalue weighted by molar-refractivity contribution is 5.94. The van der Waals surface area contributed by atoms with Crippen molar-refractivity contribution < 1.29 is 19.1 Å². The van der Waals surface area contributed by atoms with Crippen molar-refractivity contribution in [1.29, 1.82) is 0 Å². The summed E-state index contributed by atoms with van der Waals surface area (Å²) in [5.41, 5.74) is 1.14. The van der Waals surface area contributed by atoms with Crippen LogP contribution < -0.4 is 10.2 Å². The van der Waals surface area contributed by atoms with Crippen molar-refractivity contribution in [2.45, 2.75) is 38.8 Å². The van der Waals surface area contributed by atoms with Crippen molar-refractivity contribution in [3.8, 4) is 0 Å². The predicted molar refractivity (Wildman–Crippen MR) is 79.1 cm³/mol. The summed E-state index contributed by atoms with van der Waals surface area (Å²) in [6.07, 6.45) is 0.921. The molecule has 1 aliphatic carbocycles. The zero-order valence-electron chi connectivity index (χ0n) is 12.5. The Labute approximate surface area is 128 Å². The van der Waals surface area contributed by atoms with Crippen LogP contribution >= 0.6 is 0 Å². The fourth-order valence-corrected chi connectivity index (χ4v) is 3.66. The molecule has 1 heterocycles. The first-order chi connectivity index (χ1) is 10.4. The third-order valence-corrected chi connectivity index (χ3v) is 4.67. The lowest BCUT2D eigenvalue weighted by molar-refractivity contribution is -0.117. The lowest BCUT2D eigenvalue weighted by Gasteiger charge is -2.45. The van der Waals surface area contributed by atoms with Gasteiger partial charge in [0.15, 0.2) is 0 Å². The number of carboxylic acid groups (broad SMARTS) is 1. The third-order valence-electron chi connectivity index (χ3n) is 4.67. The van der Waals surface area contributed by atoms with Crippen LogP contribution in [0.25, 0.3) is 0 Å². The summed E-state index contributed by atoms with van der Waals surface area (Å²) in [5, 5.41) is 11.6. The molecule has 0 bridgehead atoms. The Kier molecular flexibility index (Phi) is 3.54. The van der Waals surface area contributed by atoms with Gasteiger partial charge in [-0.15, -0.1) is 0 Å². The molecule has 1 saturated carbocycles. The highest BCUT2D eigenvalue weighted by atomic mass is 19.1. The van der Waals surface area contributed by atoms with Crippen molar-refractivity contribution in [1.82, 2.24) is 5.32 Å². The number of amides is 2. The zero-order chi connectivity index (χ0) is 16.0. The normalized spacial score (nSPS) is 27.2. The van der Waals surface area contributed by atoms with E-state index in [1.165, 1.54) is 19.1 Å². The largest absolute Gasteiger partial charge is 0.465 e. The molecule has 2 amide bonds. The molecule has 118 valence electrons. The van der Waals surface area contributed by atoms with Gasteiger partial charge < -0.3 is 15.3 Å². The van der Waals surface area contributed by atoms with Crippen molar-refractivity contribution in [2.24, 2.45) is 11.8 Å². The number of hydrogen-bond acceptors (Lipinski definition) is 2. The summed E-state index contributed by atoms with van der Waals surface area (Å²) in [6, 6.07) is 3.67. The highest BCUT2D eigenvalue weighted by Gasteiger charge is 2.47. The Morgan fingerprint density at radius 3 is 2.59 bits per heavy atom. The Hall–Kier alpha value is -2.11. The van der Waals surface area contributed by atoms with E-state index >= 15 is 0 Å². The van der Waals surface area contributed by atoms with Crippen LogP contribution in [0.3, 0.4) is 0 Å². The lowest BCUT2D eigenvalue weighted by Crippen LogP contribution is -2.53. The molecule has 1 fully saturated rings. The maximum atomic E-state index is 13.7. The number of halogens is 1. The first-order valence-electron chi connectivity index (χ1n) is 7.49. The maximum absolute atomic E-state index is 13.7. The molecule has 2 aliphatic rings. The summed E-state index contributed by atoms with van der Waals surface area (Å²) in [6.45, 7) is 3.42. The van der Waals surface area contributed by atoms with Crippen LogP contribution in [0, 0.1) is 17.7 Å². The summed E-state index contributed by atoms with van der Waals surface area (Å²) >= 11 is 0. The minimum Gasteiger partial charge on any atom is -0.465 e. The quantitative estimate of drug-likeness (QED) is 0.882. The van der Waals surface area contributed by atoms with Crippen LogP contribution in [0.5, 0.6) is 0 Å². The van der Waals surface area contributed by atoms with Crippen LogP contribution in [-0.4, -0.2) is 23.1 Å².